The molecular weight excluding hydrogens is 264 g/mol. The van der Waals surface area contributed by atoms with Crippen LogP contribution in [0.5, 0.6) is 0 Å². The van der Waals surface area contributed by atoms with Gasteiger partial charge in [0.25, 0.3) is 0 Å². The third-order valence-electron chi connectivity index (χ3n) is 4.63. The average molecular weight is 288 g/mol. The van der Waals surface area contributed by atoms with Gasteiger partial charge in [-0.25, -0.2) is 9.97 Å². The van der Waals surface area contributed by atoms with Crippen molar-refractivity contribution in [1.82, 2.24) is 14.9 Å². The van der Waals surface area contributed by atoms with Crippen LogP contribution in [0.15, 0.2) is 12.4 Å². The van der Waals surface area contributed by atoms with E-state index in [0.29, 0.717) is 11.8 Å². The molecule has 2 fully saturated rings. The second kappa shape index (κ2) is 6.41. The molecule has 0 aliphatic carbocycles. The molecule has 1 aromatic rings. The Bertz CT molecular complexity index is 497. The van der Waals surface area contributed by atoms with E-state index in [4.69, 9.17) is 0 Å². The van der Waals surface area contributed by atoms with Crippen LogP contribution in [0.1, 0.15) is 37.8 Å². The lowest BCUT2D eigenvalue weighted by atomic mass is 9.95. The third-order valence-corrected chi connectivity index (χ3v) is 4.63. The average Bonchev–Trinajstić information content (AvgIpc) is 2.50. The largest absolute Gasteiger partial charge is 0.356 e. The summed E-state index contributed by atoms with van der Waals surface area (Å²) in [6.45, 7) is 5.98. The van der Waals surface area contributed by atoms with Crippen LogP contribution in [-0.2, 0) is 4.79 Å². The lowest BCUT2D eigenvalue weighted by Crippen LogP contribution is -2.42. The van der Waals surface area contributed by atoms with Crippen molar-refractivity contribution in [2.75, 3.05) is 31.1 Å². The van der Waals surface area contributed by atoms with Crippen LogP contribution in [0, 0.1) is 12.8 Å². The Labute approximate surface area is 126 Å². The summed E-state index contributed by atoms with van der Waals surface area (Å²) in [7, 11) is 0. The minimum atomic E-state index is 0.357. The van der Waals surface area contributed by atoms with Crippen LogP contribution < -0.4 is 4.90 Å². The number of likely N-dealkylation sites (tertiary alicyclic amines) is 1. The number of hydrogen-bond acceptors (Lipinski definition) is 4. The van der Waals surface area contributed by atoms with E-state index in [2.05, 4.69) is 25.8 Å². The first kappa shape index (κ1) is 14.3. The van der Waals surface area contributed by atoms with Gasteiger partial charge in [-0.3, -0.25) is 4.79 Å². The van der Waals surface area contributed by atoms with Crippen molar-refractivity contribution in [3.05, 3.63) is 18.1 Å². The highest BCUT2D eigenvalue weighted by molar-refractivity contribution is 5.76. The standard InChI is InChI=1S/C16H24N4O/c1-13-10-15(18-12-17-13)19-8-5-14(6-9-19)11-20-7-3-2-4-16(20)21/h10,12,14H,2-9,11H2,1H3. The Kier molecular flexibility index (Phi) is 4.36. The molecule has 2 aliphatic rings. The van der Waals surface area contributed by atoms with Crippen molar-refractivity contribution in [3.63, 3.8) is 0 Å². The van der Waals surface area contributed by atoms with Crippen LogP contribution in [0.3, 0.4) is 0 Å². The Morgan fingerprint density at radius 1 is 1.19 bits per heavy atom. The first-order valence-corrected chi connectivity index (χ1v) is 8.04. The molecule has 0 spiro atoms. The molecule has 114 valence electrons. The molecule has 0 radical (unpaired) electrons. The quantitative estimate of drug-likeness (QED) is 0.854. The predicted octanol–water partition coefficient (Wildman–Crippen LogP) is 2.01. The van der Waals surface area contributed by atoms with Gasteiger partial charge in [0, 0.05) is 44.4 Å². The van der Waals surface area contributed by atoms with Crippen molar-refractivity contribution in [3.8, 4) is 0 Å². The Hall–Kier alpha value is -1.65. The van der Waals surface area contributed by atoms with Crippen LogP contribution >= 0.6 is 0 Å². The Morgan fingerprint density at radius 3 is 2.71 bits per heavy atom. The fourth-order valence-electron chi connectivity index (χ4n) is 3.32. The van der Waals surface area contributed by atoms with Crippen molar-refractivity contribution in [1.29, 1.82) is 0 Å². The van der Waals surface area contributed by atoms with Gasteiger partial charge in [-0.05, 0) is 38.5 Å². The van der Waals surface area contributed by atoms with Crippen LogP contribution in [0.2, 0.25) is 0 Å². The zero-order valence-corrected chi connectivity index (χ0v) is 12.8. The lowest BCUT2D eigenvalue weighted by Gasteiger charge is -2.36. The Balaban J connectivity index is 1.52. The molecule has 2 aliphatic heterocycles. The number of anilines is 1. The maximum absolute atomic E-state index is 11.9. The van der Waals surface area contributed by atoms with E-state index >= 15 is 0 Å². The summed E-state index contributed by atoms with van der Waals surface area (Å²) >= 11 is 0. The van der Waals surface area contributed by atoms with Crippen LogP contribution in [0.25, 0.3) is 0 Å². The van der Waals surface area contributed by atoms with Gasteiger partial charge in [0.15, 0.2) is 0 Å². The minimum Gasteiger partial charge on any atom is -0.356 e. The molecule has 1 amide bonds. The summed E-state index contributed by atoms with van der Waals surface area (Å²) in [5, 5.41) is 0. The minimum absolute atomic E-state index is 0.357. The SMILES string of the molecule is Cc1cc(N2CCC(CN3CCCCC3=O)CC2)ncn1. The summed E-state index contributed by atoms with van der Waals surface area (Å²) in [4.78, 5) is 24.8. The van der Waals surface area contributed by atoms with Crippen LogP contribution in [0.4, 0.5) is 5.82 Å². The first-order chi connectivity index (χ1) is 10.2. The van der Waals surface area contributed by atoms with E-state index in [1.165, 1.54) is 6.42 Å². The van der Waals surface area contributed by atoms with Gasteiger partial charge >= 0.3 is 0 Å². The summed E-state index contributed by atoms with van der Waals surface area (Å²) in [6, 6.07) is 2.05. The number of carbonyl (C=O) groups excluding carboxylic acids is 1. The highest BCUT2D eigenvalue weighted by atomic mass is 16.2. The van der Waals surface area contributed by atoms with Gasteiger partial charge in [-0.2, -0.15) is 0 Å². The topological polar surface area (TPSA) is 49.3 Å². The van der Waals surface area contributed by atoms with Gasteiger partial charge < -0.3 is 9.80 Å². The zero-order chi connectivity index (χ0) is 14.7. The predicted molar refractivity (Wildman–Crippen MR) is 82.1 cm³/mol. The molecule has 0 unspecified atom stereocenters. The monoisotopic (exact) mass is 288 g/mol. The molecule has 2 saturated heterocycles. The second-order valence-electron chi connectivity index (χ2n) is 6.24. The van der Waals surface area contributed by atoms with Crippen molar-refractivity contribution in [2.45, 2.75) is 39.0 Å². The summed E-state index contributed by atoms with van der Waals surface area (Å²) in [5.41, 5.74) is 1.01. The highest BCUT2D eigenvalue weighted by Gasteiger charge is 2.25. The zero-order valence-electron chi connectivity index (χ0n) is 12.8. The van der Waals surface area contributed by atoms with Crippen molar-refractivity contribution >= 4 is 11.7 Å². The highest BCUT2D eigenvalue weighted by Crippen LogP contribution is 2.24. The fourth-order valence-corrected chi connectivity index (χ4v) is 3.32. The molecule has 3 rings (SSSR count). The molecule has 21 heavy (non-hydrogen) atoms. The first-order valence-electron chi connectivity index (χ1n) is 8.04. The maximum Gasteiger partial charge on any atom is 0.222 e. The fraction of sp³-hybridized carbons (Fsp3) is 0.688. The molecule has 0 saturated carbocycles. The van der Waals surface area contributed by atoms with Crippen LogP contribution in [-0.4, -0.2) is 47.0 Å². The molecule has 5 heteroatoms. The van der Waals surface area contributed by atoms with Gasteiger partial charge in [0.2, 0.25) is 5.91 Å². The normalized spacial score (nSPS) is 20.9. The second-order valence-corrected chi connectivity index (χ2v) is 6.24. The number of hydrogen-bond donors (Lipinski definition) is 0. The number of rotatable bonds is 3. The van der Waals surface area contributed by atoms with Crippen molar-refractivity contribution in [2.24, 2.45) is 5.92 Å². The smallest absolute Gasteiger partial charge is 0.222 e. The molecule has 5 nitrogen and oxygen atoms in total. The third kappa shape index (κ3) is 3.52. The molecule has 0 aromatic carbocycles. The summed E-state index contributed by atoms with van der Waals surface area (Å²) in [5.74, 6) is 2.04. The van der Waals surface area contributed by atoms with Gasteiger partial charge in [0.05, 0.1) is 0 Å². The van der Waals surface area contributed by atoms with E-state index in [1.807, 2.05) is 6.92 Å². The molecule has 0 N–H and O–H groups in total. The maximum atomic E-state index is 11.9. The van der Waals surface area contributed by atoms with E-state index < -0.39 is 0 Å². The van der Waals surface area contributed by atoms with Gasteiger partial charge in [-0.1, -0.05) is 0 Å². The van der Waals surface area contributed by atoms with E-state index in [0.717, 1.165) is 63.4 Å². The number of aromatic nitrogens is 2. The molecular formula is C16H24N4O. The van der Waals surface area contributed by atoms with E-state index in [1.54, 1.807) is 6.33 Å². The summed E-state index contributed by atoms with van der Waals surface area (Å²) in [6.07, 6.45) is 6.92. The van der Waals surface area contributed by atoms with E-state index in [9.17, 15) is 4.79 Å². The van der Waals surface area contributed by atoms with Crippen molar-refractivity contribution < 1.29 is 4.79 Å². The number of piperidine rings is 2. The molecule has 3 heterocycles. The number of amides is 1. The molecule has 0 atom stereocenters. The molecule has 0 bridgehead atoms. The number of aryl methyl sites for hydroxylation is 1. The molecule has 1 aromatic heterocycles. The van der Waals surface area contributed by atoms with Gasteiger partial charge in [-0.15, -0.1) is 0 Å². The number of carbonyl (C=O) groups is 1. The van der Waals surface area contributed by atoms with Gasteiger partial charge in [0.1, 0.15) is 12.1 Å². The van der Waals surface area contributed by atoms with E-state index in [-0.39, 0.29) is 0 Å². The number of nitrogens with zero attached hydrogens (tertiary/aromatic N) is 4. The Morgan fingerprint density at radius 2 is 2.00 bits per heavy atom. The lowest BCUT2D eigenvalue weighted by molar-refractivity contribution is -0.134. The summed E-state index contributed by atoms with van der Waals surface area (Å²) < 4.78 is 0.